The highest BCUT2D eigenvalue weighted by molar-refractivity contribution is 8.00. The number of methoxy groups -OCH3 is 1. The largest absolute Gasteiger partial charge is 0.469 e. The van der Waals surface area contributed by atoms with Gasteiger partial charge >= 0.3 is 5.97 Å². The first kappa shape index (κ1) is 17.6. The van der Waals surface area contributed by atoms with Gasteiger partial charge in [-0.1, -0.05) is 25.1 Å². The number of ether oxygens (including phenoxy) is 1. The van der Waals surface area contributed by atoms with E-state index in [4.69, 9.17) is 0 Å². The summed E-state index contributed by atoms with van der Waals surface area (Å²) in [5.41, 5.74) is 2.03. The second-order valence-electron chi connectivity index (χ2n) is 4.83. The number of thioether (sulfide) groups is 1. The number of para-hydroxylation sites is 1. The molecule has 0 saturated heterocycles. The highest BCUT2D eigenvalue weighted by Crippen LogP contribution is 2.22. The van der Waals surface area contributed by atoms with Crippen LogP contribution in [0.3, 0.4) is 0 Å². The van der Waals surface area contributed by atoms with E-state index in [0.29, 0.717) is 18.7 Å². The van der Waals surface area contributed by atoms with Gasteiger partial charge in [0.15, 0.2) is 0 Å². The predicted molar refractivity (Wildman–Crippen MR) is 87.8 cm³/mol. The Hall–Kier alpha value is -1.49. The summed E-state index contributed by atoms with van der Waals surface area (Å²) < 4.78 is 4.63. The van der Waals surface area contributed by atoms with Gasteiger partial charge in [-0.25, -0.2) is 0 Å². The summed E-state index contributed by atoms with van der Waals surface area (Å²) in [6.45, 7) is 6.53. The molecule has 0 bridgehead atoms. The van der Waals surface area contributed by atoms with Crippen LogP contribution in [0.2, 0.25) is 0 Å². The fraction of sp³-hybridized carbons (Fsp3) is 0.500. The summed E-state index contributed by atoms with van der Waals surface area (Å²) in [7, 11) is 1.38. The van der Waals surface area contributed by atoms with E-state index in [9.17, 15) is 9.59 Å². The van der Waals surface area contributed by atoms with Gasteiger partial charge in [0, 0.05) is 17.5 Å². The van der Waals surface area contributed by atoms with E-state index < -0.39 is 0 Å². The monoisotopic (exact) mass is 309 g/mol. The van der Waals surface area contributed by atoms with E-state index in [0.717, 1.165) is 11.3 Å². The van der Waals surface area contributed by atoms with E-state index in [1.54, 1.807) is 4.90 Å². The van der Waals surface area contributed by atoms with Crippen LogP contribution in [0.5, 0.6) is 0 Å². The first-order valence-corrected chi connectivity index (χ1v) is 8.08. The molecule has 0 aliphatic rings. The Morgan fingerprint density at radius 2 is 2.00 bits per heavy atom. The van der Waals surface area contributed by atoms with Gasteiger partial charge in [0.1, 0.15) is 0 Å². The summed E-state index contributed by atoms with van der Waals surface area (Å²) in [6.07, 6.45) is 0.324. The van der Waals surface area contributed by atoms with Gasteiger partial charge in [-0.05, 0) is 25.5 Å². The maximum atomic E-state index is 12.4. The highest BCUT2D eigenvalue weighted by atomic mass is 32.2. The Morgan fingerprint density at radius 3 is 2.57 bits per heavy atom. The van der Waals surface area contributed by atoms with Crippen LogP contribution in [0.1, 0.15) is 25.8 Å². The zero-order valence-corrected chi connectivity index (χ0v) is 13.9. The number of esters is 1. The van der Waals surface area contributed by atoms with Gasteiger partial charge in [-0.15, -0.1) is 11.8 Å². The average Bonchev–Trinajstić information content (AvgIpc) is 2.47. The molecule has 0 radical (unpaired) electrons. The van der Waals surface area contributed by atoms with Crippen LogP contribution >= 0.6 is 11.8 Å². The van der Waals surface area contributed by atoms with Crippen molar-refractivity contribution in [2.24, 2.45) is 0 Å². The molecule has 116 valence electrons. The number of rotatable bonds is 7. The molecule has 1 unspecified atom stereocenters. The molecule has 4 nitrogen and oxygen atoms in total. The van der Waals surface area contributed by atoms with Crippen LogP contribution in [-0.4, -0.2) is 36.5 Å². The van der Waals surface area contributed by atoms with Crippen molar-refractivity contribution in [3.63, 3.8) is 0 Å². The van der Waals surface area contributed by atoms with Crippen LogP contribution < -0.4 is 4.90 Å². The van der Waals surface area contributed by atoms with Gasteiger partial charge in [-0.3, -0.25) is 9.59 Å². The zero-order valence-electron chi connectivity index (χ0n) is 13.1. The van der Waals surface area contributed by atoms with Gasteiger partial charge in [0.05, 0.1) is 19.3 Å². The van der Waals surface area contributed by atoms with Gasteiger partial charge in [0.25, 0.3) is 0 Å². The normalized spacial score (nSPS) is 11.8. The molecule has 1 aromatic carbocycles. The maximum absolute atomic E-state index is 12.4. The van der Waals surface area contributed by atoms with Crippen LogP contribution in [0.15, 0.2) is 24.3 Å². The van der Waals surface area contributed by atoms with Crippen molar-refractivity contribution < 1.29 is 14.3 Å². The fourth-order valence-electron chi connectivity index (χ4n) is 2.02. The Bertz CT molecular complexity index is 490. The number of aryl methyl sites for hydroxylation is 1. The number of anilines is 1. The van der Waals surface area contributed by atoms with Crippen LogP contribution in [-0.2, 0) is 14.3 Å². The van der Waals surface area contributed by atoms with E-state index >= 15 is 0 Å². The minimum Gasteiger partial charge on any atom is -0.469 e. The zero-order chi connectivity index (χ0) is 15.8. The highest BCUT2D eigenvalue weighted by Gasteiger charge is 2.18. The fourth-order valence-corrected chi connectivity index (χ4v) is 2.85. The number of carbonyl (C=O) groups excluding carboxylic acids is 2. The second kappa shape index (κ2) is 8.72. The molecule has 0 aliphatic carbocycles. The van der Waals surface area contributed by atoms with Crippen LogP contribution in [0.25, 0.3) is 0 Å². The lowest BCUT2D eigenvalue weighted by atomic mass is 10.2. The molecular weight excluding hydrogens is 286 g/mol. The van der Waals surface area contributed by atoms with E-state index in [2.05, 4.69) is 4.74 Å². The molecule has 21 heavy (non-hydrogen) atoms. The van der Waals surface area contributed by atoms with Crippen molar-refractivity contribution in [1.82, 2.24) is 0 Å². The molecular formula is C16H23NO3S. The molecule has 0 heterocycles. The molecule has 0 aliphatic heterocycles. The van der Waals surface area contributed by atoms with Gasteiger partial charge < -0.3 is 9.64 Å². The Labute approximate surface area is 130 Å². The van der Waals surface area contributed by atoms with Crippen molar-refractivity contribution in [2.45, 2.75) is 32.4 Å². The molecule has 0 N–H and O–H groups in total. The molecule has 0 saturated carbocycles. The quantitative estimate of drug-likeness (QED) is 0.726. The molecule has 1 rings (SSSR count). The maximum Gasteiger partial charge on any atom is 0.306 e. The molecule has 0 aromatic heterocycles. The third kappa shape index (κ3) is 5.42. The minimum atomic E-state index is -0.242. The molecule has 0 fully saturated rings. The van der Waals surface area contributed by atoms with Crippen molar-refractivity contribution in [2.75, 3.05) is 24.3 Å². The topological polar surface area (TPSA) is 46.6 Å². The average molecular weight is 309 g/mol. The predicted octanol–water partition coefficient (Wildman–Crippen LogP) is 3.03. The second-order valence-corrected chi connectivity index (χ2v) is 6.25. The Morgan fingerprint density at radius 1 is 1.33 bits per heavy atom. The number of hydrogen-bond acceptors (Lipinski definition) is 4. The van der Waals surface area contributed by atoms with Gasteiger partial charge in [0.2, 0.25) is 5.91 Å². The third-order valence-electron chi connectivity index (χ3n) is 3.20. The molecule has 0 spiro atoms. The molecule has 5 heteroatoms. The summed E-state index contributed by atoms with van der Waals surface area (Å²) in [5.74, 6) is 0.183. The van der Waals surface area contributed by atoms with Gasteiger partial charge in [-0.2, -0.15) is 0 Å². The third-order valence-corrected chi connectivity index (χ3v) is 4.35. The standard InChI is InChI=1S/C16H23NO3S/c1-5-17(14-9-7-6-8-12(14)2)15(18)11-21-13(3)10-16(19)20-4/h6-9,13H,5,10-11H2,1-4H3. The number of benzene rings is 1. The Balaban J connectivity index is 2.61. The van der Waals surface area contributed by atoms with E-state index in [-0.39, 0.29) is 17.1 Å². The first-order chi connectivity index (χ1) is 9.99. The molecule has 1 aromatic rings. The van der Waals surface area contributed by atoms with E-state index in [1.165, 1.54) is 18.9 Å². The summed E-state index contributed by atoms with van der Waals surface area (Å²) in [4.78, 5) is 25.4. The lowest BCUT2D eigenvalue weighted by molar-refractivity contribution is -0.140. The van der Waals surface area contributed by atoms with E-state index in [1.807, 2.05) is 45.0 Å². The smallest absolute Gasteiger partial charge is 0.306 e. The molecule has 1 amide bonds. The van der Waals surface area contributed by atoms with Crippen molar-refractivity contribution in [3.05, 3.63) is 29.8 Å². The lowest BCUT2D eigenvalue weighted by Crippen LogP contribution is -2.33. The SMILES string of the molecule is CCN(C(=O)CSC(C)CC(=O)OC)c1ccccc1C. The number of hydrogen-bond donors (Lipinski definition) is 0. The minimum absolute atomic E-state index is 0.0634. The summed E-state index contributed by atoms with van der Waals surface area (Å²) in [5, 5.41) is 0.0666. The van der Waals surface area contributed by atoms with Crippen LogP contribution in [0.4, 0.5) is 5.69 Å². The number of carbonyl (C=O) groups is 2. The molecule has 1 atom stereocenters. The number of amides is 1. The number of nitrogens with zero attached hydrogens (tertiary/aromatic N) is 1. The van der Waals surface area contributed by atoms with Crippen LogP contribution in [0, 0.1) is 6.92 Å². The Kier molecular flexibility index (Phi) is 7.29. The van der Waals surface area contributed by atoms with Crippen molar-refractivity contribution in [1.29, 1.82) is 0 Å². The van der Waals surface area contributed by atoms with Crippen molar-refractivity contribution >= 4 is 29.3 Å². The summed E-state index contributed by atoms with van der Waals surface area (Å²) in [6, 6.07) is 7.85. The van der Waals surface area contributed by atoms with Crippen molar-refractivity contribution in [3.8, 4) is 0 Å². The first-order valence-electron chi connectivity index (χ1n) is 7.04. The lowest BCUT2D eigenvalue weighted by Gasteiger charge is -2.23. The summed E-state index contributed by atoms with van der Waals surface area (Å²) >= 11 is 1.48.